The molecular weight excluding hydrogens is 394 g/mol. The van der Waals surface area contributed by atoms with Crippen LogP contribution in [0.1, 0.15) is 31.1 Å². The molecule has 144 valence electrons. The summed E-state index contributed by atoms with van der Waals surface area (Å²) in [6.45, 7) is -0.712. The maximum atomic E-state index is 12.7. The highest BCUT2D eigenvalue weighted by Gasteiger charge is 2.34. The molecule has 1 heterocycles. The number of hydrogen-bond acceptors (Lipinski definition) is 5. The van der Waals surface area contributed by atoms with E-state index in [9.17, 15) is 24.3 Å². The van der Waals surface area contributed by atoms with Crippen LogP contribution in [0.25, 0.3) is 10.8 Å². The molecule has 2 amide bonds. The van der Waals surface area contributed by atoms with Crippen molar-refractivity contribution in [2.45, 2.75) is 9.79 Å². The Morgan fingerprint density at radius 2 is 1.52 bits per heavy atom. The first-order valence-electron chi connectivity index (χ1n) is 8.52. The van der Waals surface area contributed by atoms with Gasteiger partial charge in [-0.1, -0.05) is 36.0 Å². The fraction of sp³-hybridized carbons (Fsp3) is 0.0476. The molecule has 0 spiro atoms. The maximum Gasteiger partial charge on any atom is 0.336 e. The van der Waals surface area contributed by atoms with Gasteiger partial charge in [0.2, 0.25) is 0 Å². The predicted octanol–water partition coefficient (Wildman–Crippen LogP) is 3.37. The lowest BCUT2D eigenvalue weighted by Crippen LogP contribution is -2.43. The van der Waals surface area contributed by atoms with Crippen molar-refractivity contribution in [1.29, 1.82) is 0 Å². The van der Waals surface area contributed by atoms with Gasteiger partial charge in [-0.05, 0) is 35.7 Å². The number of carboxylic acid groups (broad SMARTS) is 2. The van der Waals surface area contributed by atoms with E-state index in [-0.39, 0.29) is 16.7 Å². The molecule has 1 aliphatic heterocycles. The average Bonchev–Trinajstić information content (AvgIpc) is 2.70. The Labute approximate surface area is 168 Å². The lowest BCUT2D eigenvalue weighted by molar-refractivity contribution is -0.137. The van der Waals surface area contributed by atoms with Crippen LogP contribution in [-0.4, -0.2) is 45.4 Å². The van der Waals surface area contributed by atoms with Gasteiger partial charge in [0.25, 0.3) is 11.8 Å². The van der Waals surface area contributed by atoms with E-state index in [0.29, 0.717) is 25.5 Å². The third-order valence-electron chi connectivity index (χ3n) is 4.58. The Morgan fingerprint density at radius 3 is 2.21 bits per heavy atom. The zero-order chi connectivity index (χ0) is 20.7. The summed E-state index contributed by atoms with van der Waals surface area (Å²) < 4.78 is 0. The number of hydrogen-bond donors (Lipinski definition) is 2. The predicted molar refractivity (Wildman–Crippen MR) is 104 cm³/mol. The first kappa shape index (κ1) is 18.7. The van der Waals surface area contributed by atoms with Crippen molar-refractivity contribution >= 4 is 46.3 Å². The molecule has 0 saturated carbocycles. The van der Waals surface area contributed by atoms with E-state index in [1.807, 2.05) is 0 Å². The number of aromatic carboxylic acids is 1. The van der Waals surface area contributed by atoms with Gasteiger partial charge in [0, 0.05) is 26.3 Å². The van der Waals surface area contributed by atoms with Crippen LogP contribution in [0.2, 0.25) is 0 Å². The highest BCUT2D eigenvalue weighted by Crippen LogP contribution is 2.39. The van der Waals surface area contributed by atoms with Crippen LogP contribution in [-0.2, 0) is 4.79 Å². The van der Waals surface area contributed by atoms with Crippen LogP contribution in [0, 0.1) is 0 Å². The van der Waals surface area contributed by atoms with Gasteiger partial charge < -0.3 is 10.2 Å². The molecule has 1 aliphatic rings. The second-order valence-corrected chi connectivity index (χ2v) is 7.42. The van der Waals surface area contributed by atoms with Crippen LogP contribution in [0.5, 0.6) is 0 Å². The Balaban J connectivity index is 1.86. The number of rotatable bonds is 5. The Hall–Kier alpha value is -3.65. The van der Waals surface area contributed by atoms with E-state index in [1.165, 1.54) is 17.8 Å². The first-order valence-corrected chi connectivity index (χ1v) is 9.34. The van der Waals surface area contributed by atoms with Gasteiger partial charge in [0.05, 0.1) is 5.56 Å². The maximum absolute atomic E-state index is 12.7. The van der Waals surface area contributed by atoms with Crippen molar-refractivity contribution in [1.82, 2.24) is 4.90 Å². The molecule has 2 N–H and O–H groups in total. The van der Waals surface area contributed by atoms with E-state index in [0.717, 1.165) is 0 Å². The van der Waals surface area contributed by atoms with Crippen molar-refractivity contribution < 1.29 is 29.4 Å². The third kappa shape index (κ3) is 3.13. The molecule has 7 nitrogen and oxygen atoms in total. The summed E-state index contributed by atoms with van der Waals surface area (Å²) in [7, 11) is 0. The number of carbonyl (C=O) groups excluding carboxylic acids is 2. The number of carbonyl (C=O) groups is 4. The number of nitrogens with zero attached hydrogens (tertiary/aromatic N) is 1. The summed E-state index contributed by atoms with van der Waals surface area (Å²) in [5.74, 6) is -3.66. The number of amides is 2. The molecule has 29 heavy (non-hydrogen) atoms. The van der Waals surface area contributed by atoms with Gasteiger partial charge in [-0.15, -0.1) is 0 Å². The molecule has 0 atom stereocenters. The average molecular weight is 407 g/mol. The molecule has 0 saturated heterocycles. The van der Waals surface area contributed by atoms with Gasteiger partial charge in [-0.2, -0.15) is 0 Å². The monoisotopic (exact) mass is 407 g/mol. The van der Waals surface area contributed by atoms with Crippen LogP contribution in [0.15, 0.2) is 64.4 Å². The Morgan fingerprint density at radius 1 is 0.828 bits per heavy atom. The summed E-state index contributed by atoms with van der Waals surface area (Å²) in [5, 5.41) is 19.5. The molecular formula is C21H13NO6S. The number of carboxylic acids is 2. The minimum Gasteiger partial charge on any atom is -0.480 e. The molecule has 3 aromatic carbocycles. The highest BCUT2D eigenvalue weighted by molar-refractivity contribution is 7.99. The van der Waals surface area contributed by atoms with Gasteiger partial charge in [-0.3, -0.25) is 19.3 Å². The summed E-state index contributed by atoms with van der Waals surface area (Å²) in [6.07, 6.45) is 0. The fourth-order valence-corrected chi connectivity index (χ4v) is 4.40. The van der Waals surface area contributed by atoms with Crippen LogP contribution in [0.3, 0.4) is 0 Å². The van der Waals surface area contributed by atoms with E-state index in [1.54, 1.807) is 48.5 Å². The lowest BCUT2D eigenvalue weighted by Gasteiger charge is -2.26. The molecule has 0 radical (unpaired) electrons. The van der Waals surface area contributed by atoms with Gasteiger partial charge in [0.15, 0.2) is 0 Å². The topological polar surface area (TPSA) is 112 Å². The van der Waals surface area contributed by atoms with E-state index >= 15 is 0 Å². The molecule has 0 aliphatic carbocycles. The molecule has 0 aromatic heterocycles. The minimum absolute atomic E-state index is 0.151. The van der Waals surface area contributed by atoms with Crippen molar-refractivity contribution in [3.63, 3.8) is 0 Å². The first-order chi connectivity index (χ1) is 13.9. The summed E-state index contributed by atoms with van der Waals surface area (Å²) in [4.78, 5) is 49.9. The summed E-state index contributed by atoms with van der Waals surface area (Å²) in [5.41, 5.74) is 0.636. The molecule has 4 rings (SSSR count). The fourth-order valence-electron chi connectivity index (χ4n) is 3.34. The van der Waals surface area contributed by atoms with Crippen LogP contribution < -0.4 is 0 Å². The highest BCUT2D eigenvalue weighted by atomic mass is 32.2. The van der Waals surface area contributed by atoms with Gasteiger partial charge in [-0.25, -0.2) is 4.79 Å². The van der Waals surface area contributed by atoms with E-state index in [4.69, 9.17) is 5.11 Å². The second kappa shape index (κ2) is 7.06. The van der Waals surface area contributed by atoms with Crippen molar-refractivity contribution in [2.75, 3.05) is 6.54 Å². The summed E-state index contributed by atoms with van der Waals surface area (Å²) >= 11 is 1.23. The second-order valence-electron chi connectivity index (χ2n) is 6.33. The molecule has 8 heteroatoms. The molecule has 0 unspecified atom stereocenters. The normalized spacial score (nSPS) is 13.0. The van der Waals surface area contributed by atoms with Crippen molar-refractivity contribution in [3.05, 3.63) is 71.3 Å². The quantitative estimate of drug-likeness (QED) is 0.624. The largest absolute Gasteiger partial charge is 0.480 e. The van der Waals surface area contributed by atoms with E-state index in [2.05, 4.69) is 0 Å². The zero-order valence-corrected chi connectivity index (χ0v) is 15.6. The van der Waals surface area contributed by atoms with Gasteiger partial charge >= 0.3 is 11.9 Å². The lowest BCUT2D eigenvalue weighted by atomic mass is 9.94. The SMILES string of the molecule is O=C(O)CN1C(=O)c2cccc3c(Sc4ccccc4C(=O)O)ccc(c23)C1=O. The summed E-state index contributed by atoms with van der Waals surface area (Å²) in [6, 6.07) is 14.7. The zero-order valence-electron chi connectivity index (χ0n) is 14.8. The van der Waals surface area contributed by atoms with Gasteiger partial charge in [0.1, 0.15) is 6.54 Å². The standard InChI is InChI=1S/C21H13NO6S/c23-17(24)10-22-19(25)13-6-3-5-11-16(9-8-14(18(11)13)20(22)26)29-15-7-2-1-4-12(15)21(27)28/h1-9H,10H2,(H,23,24)(H,27,28). The smallest absolute Gasteiger partial charge is 0.336 e. The third-order valence-corrected chi connectivity index (χ3v) is 5.73. The number of imide groups is 1. The van der Waals surface area contributed by atoms with Crippen LogP contribution >= 0.6 is 11.8 Å². The van der Waals surface area contributed by atoms with E-state index < -0.39 is 30.3 Å². The number of aliphatic carboxylic acids is 1. The molecule has 3 aromatic rings. The van der Waals surface area contributed by atoms with Crippen molar-refractivity contribution in [2.24, 2.45) is 0 Å². The Kier molecular flexibility index (Phi) is 4.56. The molecule has 0 fully saturated rings. The molecule has 0 bridgehead atoms. The van der Waals surface area contributed by atoms with Crippen LogP contribution in [0.4, 0.5) is 0 Å². The minimum atomic E-state index is -1.28. The number of benzene rings is 3. The van der Waals surface area contributed by atoms with Crippen molar-refractivity contribution in [3.8, 4) is 0 Å². The Bertz CT molecular complexity index is 1200.